The van der Waals surface area contributed by atoms with Crippen LogP contribution in [0.1, 0.15) is 12.8 Å². The molecular weight excluding hydrogens is 378 g/mol. The van der Waals surface area contributed by atoms with Gasteiger partial charge in [0.15, 0.2) is 5.11 Å². The smallest absolute Gasteiger partial charge is 0.251 e. The first-order valence-electron chi connectivity index (χ1n) is 7.85. The van der Waals surface area contributed by atoms with Gasteiger partial charge in [0.1, 0.15) is 6.10 Å². The highest BCUT2D eigenvalue weighted by Gasteiger charge is 2.30. The monoisotopic (exact) mass is 397 g/mol. The third-order valence-electron chi connectivity index (χ3n) is 4.18. The molecule has 1 N–H and O–H groups in total. The molecular formula is C16H20BrN3O2S. The first kappa shape index (κ1) is 16.7. The van der Waals surface area contributed by atoms with E-state index < -0.39 is 0 Å². The van der Waals surface area contributed by atoms with Gasteiger partial charge in [-0.3, -0.25) is 4.79 Å². The van der Waals surface area contributed by atoms with Crippen molar-refractivity contribution in [3.05, 3.63) is 28.7 Å². The van der Waals surface area contributed by atoms with Crippen LogP contribution in [0, 0.1) is 0 Å². The van der Waals surface area contributed by atoms with Crippen molar-refractivity contribution < 1.29 is 9.53 Å². The number of amides is 1. The van der Waals surface area contributed by atoms with Gasteiger partial charge >= 0.3 is 0 Å². The molecule has 2 heterocycles. The van der Waals surface area contributed by atoms with Crippen molar-refractivity contribution in [2.45, 2.75) is 18.9 Å². The fourth-order valence-corrected chi connectivity index (χ4v) is 3.41. The molecule has 2 saturated heterocycles. The Morgan fingerprint density at radius 1 is 1.17 bits per heavy atom. The van der Waals surface area contributed by atoms with E-state index in [9.17, 15) is 4.79 Å². The number of benzene rings is 1. The van der Waals surface area contributed by atoms with Crippen LogP contribution in [-0.4, -0.2) is 59.7 Å². The summed E-state index contributed by atoms with van der Waals surface area (Å²) in [6.45, 7) is 3.60. The first-order chi connectivity index (χ1) is 11.1. The van der Waals surface area contributed by atoms with Gasteiger partial charge in [0.2, 0.25) is 0 Å². The molecule has 1 amide bonds. The van der Waals surface area contributed by atoms with Gasteiger partial charge in [-0.05, 0) is 49.3 Å². The Balaban J connectivity index is 1.49. The van der Waals surface area contributed by atoms with Gasteiger partial charge in [-0.1, -0.05) is 15.9 Å². The Labute approximate surface area is 150 Å². The Morgan fingerprint density at radius 3 is 2.43 bits per heavy atom. The molecule has 0 unspecified atom stereocenters. The third kappa shape index (κ3) is 4.22. The lowest BCUT2D eigenvalue weighted by molar-refractivity contribution is -0.142. The van der Waals surface area contributed by atoms with Crippen LogP contribution in [0.15, 0.2) is 28.7 Å². The lowest BCUT2D eigenvalue weighted by Gasteiger charge is -2.37. The maximum absolute atomic E-state index is 12.3. The lowest BCUT2D eigenvalue weighted by atomic mass is 10.2. The van der Waals surface area contributed by atoms with E-state index in [1.54, 1.807) is 0 Å². The molecule has 0 spiro atoms. The zero-order valence-electron chi connectivity index (χ0n) is 12.8. The highest BCUT2D eigenvalue weighted by molar-refractivity contribution is 9.10. The molecule has 2 fully saturated rings. The Kier molecular flexibility index (Phi) is 5.50. The lowest BCUT2D eigenvalue weighted by Crippen LogP contribution is -2.53. The molecule has 0 saturated carbocycles. The molecule has 2 aliphatic rings. The van der Waals surface area contributed by atoms with Crippen molar-refractivity contribution in [2.24, 2.45) is 0 Å². The number of hydrogen-bond acceptors (Lipinski definition) is 3. The van der Waals surface area contributed by atoms with E-state index in [1.165, 1.54) is 0 Å². The summed E-state index contributed by atoms with van der Waals surface area (Å²) in [4.78, 5) is 16.3. The molecule has 1 aromatic carbocycles. The normalized spacial score (nSPS) is 21.3. The van der Waals surface area contributed by atoms with Crippen LogP contribution in [-0.2, 0) is 9.53 Å². The van der Waals surface area contributed by atoms with Crippen molar-refractivity contribution in [3.63, 3.8) is 0 Å². The van der Waals surface area contributed by atoms with E-state index in [0.717, 1.165) is 36.1 Å². The second kappa shape index (κ2) is 7.59. The molecule has 0 aromatic heterocycles. The molecule has 1 atom stereocenters. The molecule has 0 radical (unpaired) electrons. The van der Waals surface area contributed by atoms with E-state index in [4.69, 9.17) is 17.0 Å². The van der Waals surface area contributed by atoms with E-state index in [-0.39, 0.29) is 12.0 Å². The molecule has 2 aliphatic heterocycles. The Morgan fingerprint density at radius 2 is 1.83 bits per heavy atom. The van der Waals surface area contributed by atoms with Crippen molar-refractivity contribution >= 4 is 44.9 Å². The van der Waals surface area contributed by atoms with Crippen LogP contribution in [0.4, 0.5) is 5.69 Å². The van der Waals surface area contributed by atoms with E-state index in [0.29, 0.717) is 24.8 Å². The topological polar surface area (TPSA) is 44.8 Å². The summed E-state index contributed by atoms with van der Waals surface area (Å²) in [6, 6.07) is 7.91. The standard InChI is InChI=1S/C16H20BrN3O2S/c17-12-3-5-13(6-4-12)18-16(23)20-9-7-19(8-10-20)15(21)14-2-1-11-22-14/h3-6,14H,1-2,7-11H2,(H,18,23)/t14-/m0/s1. The quantitative estimate of drug-likeness (QED) is 0.776. The van der Waals surface area contributed by atoms with E-state index in [2.05, 4.69) is 26.1 Å². The zero-order chi connectivity index (χ0) is 16.2. The average Bonchev–Trinajstić information content (AvgIpc) is 3.11. The highest BCUT2D eigenvalue weighted by atomic mass is 79.9. The number of carbonyl (C=O) groups excluding carboxylic acids is 1. The maximum atomic E-state index is 12.3. The first-order valence-corrected chi connectivity index (χ1v) is 9.05. The predicted octanol–water partition coefficient (Wildman–Crippen LogP) is 2.47. The minimum Gasteiger partial charge on any atom is -0.368 e. The van der Waals surface area contributed by atoms with Gasteiger partial charge in [-0.25, -0.2) is 0 Å². The van der Waals surface area contributed by atoms with Crippen molar-refractivity contribution in [3.8, 4) is 0 Å². The average molecular weight is 398 g/mol. The number of hydrogen-bond donors (Lipinski definition) is 1. The fourth-order valence-electron chi connectivity index (χ4n) is 2.84. The Hall–Kier alpha value is -1.18. The van der Waals surface area contributed by atoms with Crippen molar-refractivity contribution in [1.82, 2.24) is 9.80 Å². The van der Waals surface area contributed by atoms with Gasteiger partial charge in [-0.2, -0.15) is 0 Å². The number of piperazine rings is 1. The molecule has 124 valence electrons. The Bertz CT molecular complexity index is 567. The molecule has 1 aromatic rings. The fraction of sp³-hybridized carbons (Fsp3) is 0.500. The maximum Gasteiger partial charge on any atom is 0.251 e. The summed E-state index contributed by atoms with van der Waals surface area (Å²) in [5, 5.41) is 3.95. The minimum atomic E-state index is -0.227. The van der Waals surface area contributed by atoms with Crippen LogP contribution in [0.5, 0.6) is 0 Å². The van der Waals surface area contributed by atoms with E-state index in [1.807, 2.05) is 29.2 Å². The van der Waals surface area contributed by atoms with Crippen LogP contribution in [0.25, 0.3) is 0 Å². The summed E-state index contributed by atoms with van der Waals surface area (Å²) in [5.74, 6) is 0.133. The van der Waals surface area contributed by atoms with Crippen LogP contribution >= 0.6 is 28.1 Å². The number of halogens is 1. The molecule has 0 aliphatic carbocycles. The molecule has 5 nitrogen and oxygen atoms in total. The van der Waals surface area contributed by atoms with Gasteiger partial charge in [-0.15, -0.1) is 0 Å². The van der Waals surface area contributed by atoms with Crippen LogP contribution in [0.2, 0.25) is 0 Å². The summed E-state index contributed by atoms with van der Waals surface area (Å²) >= 11 is 8.89. The number of nitrogens with zero attached hydrogens (tertiary/aromatic N) is 2. The van der Waals surface area contributed by atoms with Crippen molar-refractivity contribution in [2.75, 3.05) is 38.1 Å². The summed E-state index contributed by atoms with van der Waals surface area (Å²) in [6.07, 6.45) is 1.61. The van der Waals surface area contributed by atoms with Gasteiger partial charge in [0.25, 0.3) is 5.91 Å². The number of anilines is 1. The molecule has 7 heteroatoms. The number of thiocarbonyl (C=S) groups is 1. The minimum absolute atomic E-state index is 0.133. The molecule has 3 rings (SSSR count). The second-order valence-corrected chi connectivity index (χ2v) is 7.05. The molecule has 23 heavy (non-hydrogen) atoms. The zero-order valence-corrected chi connectivity index (χ0v) is 15.2. The van der Waals surface area contributed by atoms with Gasteiger partial charge in [0.05, 0.1) is 0 Å². The molecule has 0 bridgehead atoms. The van der Waals surface area contributed by atoms with Crippen molar-refractivity contribution in [1.29, 1.82) is 0 Å². The number of carbonyl (C=O) groups is 1. The van der Waals surface area contributed by atoms with Crippen LogP contribution < -0.4 is 5.32 Å². The van der Waals surface area contributed by atoms with Gasteiger partial charge in [0, 0.05) is 42.9 Å². The van der Waals surface area contributed by atoms with E-state index >= 15 is 0 Å². The highest BCUT2D eigenvalue weighted by Crippen LogP contribution is 2.17. The van der Waals surface area contributed by atoms with Gasteiger partial charge < -0.3 is 19.9 Å². The SMILES string of the molecule is O=C([C@@H]1CCCO1)N1CCN(C(=S)Nc2ccc(Br)cc2)CC1. The van der Waals surface area contributed by atoms with Crippen LogP contribution in [0.3, 0.4) is 0 Å². The summed E-state index contributed by atoms with van der Waals surface area (Å²) < 4.78 is 6.52. The summed E-state index contributed by atoms with van der Waals surface area (Å²) in [5.41, 5.74) is 0.969. The number of nitrogens with one attached hydrogen (secondary N) is 1. The third-order valence-corrected chi connectivity index (χ3v) is 5.07. The largest absolute Gasteiger partial charge is 0.368 e. The number of rotatable bonds is 2. The predicted molar refractivity (Wildman–Crippen MR) is 97.5 cm³/mol. The summed E-state index contributed by atoms with van der Waals surface area (Å²) in [7, 11) is 0. The number of ether oxygens (including phenoxy) is 1. The second-order valence-electron chi connectivity index (χ2n) is 5.75.